The molecule has 0 aliphatic rings. The van der Waals surface area contributed by atoms with Crippen LogP contribution in [0.2, 0.25) is 5.02 Å². The molecule has 2 aromatic carbocycles. The zero-order valence-corrected chi connectivity index (χ0v) is 10.1. The summed E-state index contributed by atoms with van der Waals surface area (Å²) in [5, 5.41) is 10.5. The highest BCUT2D eigenvalue weighted by Crippen LogP contribution is 2.28. The van der Waals surface area contributed by atoms with Crippen LogP contribution in [-0.2, 0) is 0 Å². The largest absolute Gasteiger partial charge is 0.384 e. The van der Waals surface area contributed by atoms with Gasteiger partial charge in [0.05, 0.1) is 0 Å². The van der Waals surface area contributed by atoms with Gasteiger partial charge in [-0.15, -0.1) is 0 Å². The Bertz CT molecular complexity index is 525. The van der Waals surface area contributed by atoms with E-state index >= 15 is 0 Å². The van der Waals surface area contributed by atoms with E-state index in [9.17, 15) is 9.50 Å². The maximum absolute atomic E-state index is 14.0. The van der Waals surface area contributed by atoms with Crippen LogP contribution in [-0.4, -0.2) is 5.11 Å². The third-order valence-electron chi connectivity index (χ3n) is 2.76. The summed E-state index contributed by atoms with van der Waals surface area (Å²) in [5.41, 5.74) is 1.27. The molecule has 88 valence electrons. The summed E-state index contributed by atoms with van der Waals surface area (Å²) in [6.45, 7) is 1.60. The maximum atomic E-state index is 14.0. The van der Waals surface area contributed by atoms with Gasteiger partial charge in [0.1, 0.15) is 11.9 Å². The van der Waals surface area contributed by atoms with E-state index in [0.717, 1.165) is 0 Å². The fraction of sp³-hybridized carbons (Fsp3) is 0.143. The number of hydrogen-bond acceptors (Lipinski definition) is 1. The van der Waals surface area contributed by atoms with Gasteiger partial charge in [-0.1, -0.05) is 48.0 Å². The molecule has 1 N–H and O–H groups in total. The quantitative estimate of drug-likeness (QED) is 0.858. The van der Waals surface area contributed by atoms with E-state index < -0.39 is 11.9 Å². The Kier molecular flexibility index (Phi) is 3.46. The minimum Gasteiger partial charge on any atom is -0.384 e. The van der Waals surface area contributed by atoms with Crippen LogP contribution in [0.3, 0.4) is 0 Å². The highest BCUT2D eigenvalue weighted by Gasteiger charge is 2.17. The summed E-state index contributed by atoms with van der Waals surface area (Å²) in [6.07, 6.45) is -0.966. The average molecular weight is 251 g/mol. The smallest absolute Gasteiger partial charge is 0.133 e. The lowest BCUT2D eigenvalue weighted by atomic mass is 9.99. The molecule has 2 rings (SSSR count). The van der Waals surface area contributed by atoms with Crippen molar-refractivity contribution in [2.75, 3.05) is 0 Å². The van der Waals surface area contributed by atoms with E-state index in [4.69, 9.17) is 11.6 Å². The monoisotopic (exact) mass is 250 g/mol. The van der Waals surface area contributed by atoms with Crippen molar-refractivity contribution < 1.29 is 9.50 Å². The highest BCUT2D eigenvalue weighted by atomic mass is 35.5. The van der Waals surface area contributed by atoms with Gasteiger partial charge in [-0.2, -0.15) is 0 Å². The second-order valence-electron chi connectivity index (χ2n) is 3.89. The predicted molar refractivity (Wildman–Crippen MR) is 66.7 cm³/mol. The lowest BCUT2D eigenvalue weighted by Gasteiger charge is -2.14. The van der Waals surface area contributed by atoms with Gasteiger partial charge in [0, 0.05) is 16.1 Å². The SMILES string of the molecule is Cc1c(Cl)ccc(C(O)c2ccccc2)c1F. The summed E-state index contributed by atoms with van der Waals surface area (Å²) in [6, 6.07) is 12.1. The van der Waals surface area contributed by atoms with Crippen LogP contribution < -0.4 is 0 Å². The predicted octanol–water partition coefficient (Wildman–Crippen LogP) is 3.87. The number of rotatable bonds is 2. The average Bonchev–Trinajstić information content (AvgIpc) is 2.36. The third-order valence-corrected chi connectivity index (χ3v) is 3.17. The van der Waals surface area contributed by atoms with Gasteiger partial charge in [0.2, 0.25) is 0 Å². The molecule has 1 unspecified atom stereocenters. The number of aliphatic hydroxyl groups is 1. The Hall–Kier alpha value is -1.38. The van der Waals surface area contributed by atoms with Crippen LogP contribution in [0, 0.1) is 12.7 Å². The van der Waals surface area contributed by atoms with E-state index in [2.05, 4.69) is 0 Å². The summed E-state index contributed by atoms with van der Waals surface area (Å²) >= 11 is 5.81. The molecule has 0 fully saturated rings. The molecule has 0 saturated carbocycles. The molecule has 0 aromatic heterocycles. The molecule has 0 heterocycles. The fourth-order valence-corrected chi connectivity index (χ4v) is 1.85. The zero-order valence-electron chi connectivity index (χ0n) is 9.32. The first kappa shape index (κ1) is 12.1. The van der Waals surface area contributed by atoms with Crippen LogP contribution in [0.15, 0.2) is 42.5 Å². The van der Waals surface area contributed by atoms with Crippen molar-refractivity contribution >= 4 is 11.6 Å². The highest BCUT2D eigenvalue weighted by molar-refractivity contribution is 6.31. The molecule has 0 spiro atoms. The Morgan fingerprint density at radius 1 is 1.12 bits per heavy atom. The van der Waals surface area contributed by atoms with Crippen LogP contribution in [0.4, 0.5) is 4.39 Å². The maximum Gasteiger partial charge on any atom is 0.133 e. The molecule has 0 saturated heterocycles. The summed E-state index contributed by atoms with van der Waals surface area (Å²) < 4.78 is 14.0. The van der Waals surface area contributed by atoms with E-state index in [-0.39, 0.29) is 5.56 Å². The second-order valence-corrected chi connectivity index (χ2v) is 4.30. The molecular formula is C14H12ClFO. The molecule has 2 aromatic rings. The van der Waals surface area contributed by atoms with Gasteiger partial charge in [-0.25, -0.2) is 4.39 Å². The minimum absolute atomic E-state index is 0.248. The van der Waals surface area contributed by atoms with Gasteiger partial charge in [-0.3, -0.25) is 0 Å². The molecule has 0 aliphatic heterocycles. The summed E-state index contributed by atoms with van der Waals surface area (Å²) in [4.78, 5) is 0. The first-order valence-electron chi connectivity index (χ1n) is 5.28. The second kappa shape index (κ2) is 4.86. The van der Waals surface area contributed by atoms with Gasteiger partial charge in [0.15, 0.2) is 0 Å². The molecule has 1 atom stereocenters. The van der Waals surface area contributed by atoms with Gasteiger partial charge in [-0.05, 0) is 18.6 Å². The minimum atomic E-state index is -0.966. The number of hydrogen-bond donors (Lipinski definition) is 1. The lowest BCUT2D eigenvalue weighted by Crippen LogP contribution is -2.04. The Labute approximate surface area is 104 Å². The molecule has 1 nitrogen and oxygen atoms in total. The molecule has 0 aliphatic carbocycles. The van der Waals surface area contributed by atoms with Crippen LogP contribution in [0.25, 0.3) is 0 Å². The Morgan fingerprint density at radius 3 is 2.41 bits per heavy atom. The van der Waals surface area contributed by atoms with Crippen molar-refractivity contribution in [2.24, 2.45) is 0 Å². The van der Waals surface area contributed by atoms with E-state index in [1.54, 1.807) is 37.3 Å². The topological polar surface area (TPSA) is 20.2 Å². The van der Waals surface area contributed by atoms with E-state index in [0.29, 0.717) is 16.1 Å². The normalized spacial score (nSPS) is 12.5. The van der Waals surface area contributed by atoms with Crippen molar-refractivity contribution in [1.29, 1.82) is 0 Å². The molecular weight excluding hydrogens is 239 g/mol. The van der Waals surface area contributed by atoms with Crippen molar-refractivity contribution in [2.45, 2.75) is 13.0 Å². The standard InChI is InChI=1S/C14H12ClFO/c1-9-12(15)8-7-11(13(9)16)14(17)10-5-3-2-4-6-10/h2-8,14,17H,1H3. The zero-order chi connectivity index (χ0) is 12.4. The molecule has 17 heavy (non-hydrogen) atoms. The van der Waals surface area contributed by atoms with Crippen LogP contribution >= 0.6 is 11.6 Å². The Morgan fingerprint density at radius 2 is 1.76 bits per heavy atom. The summed E-state index contributed by atoms with van der Waals surface area (Å²) in [7, 11) is 0. The number of halogens is 2. The van der Waals surface area contributed by atoms with E-state index in [1.807, 2.05) is 6.07 Å². The lowest BCUT2D eigenvalue weighted by molar-refractivity contribution is 0.214. The third kappa shape index (κ3) is 2.33. The number of aliphatic hydroxyl groups excluding tert-OH is 1. The van der Waals surface area contributed by atoms with Crippen LogP contribution in [0.5, 0.6) is 0 Å². The first-order valence-corrected chi connectivity index (χ1v) is 5.66. The molecule has 0 radical (unpaired) electrons. The van der Waals surface area contributed by atoms with E-state index in [1.165, 1.54) is 6.07 Å². The molecule has 0 amide bonds. The Balaban J connectivity index is 2.45. The first-order chi connectivity index (χ1) is 8.11. The summed E-state index contributed by atoms with van der Waals surface area (Å²) in [5.74, 6) is -0.450. The van der Waals surface area contributed by atoms with Gasteiger partial charge >= 0.3 is 0 Å². The number of benzene rings is 2. The van der Waals surface area contributed by atoms with Crippen molar-refractivity contribution in [3.8, 4) is 0 Å². The van der Waals surface area contributed by atoms with Crippen molar-refractivity contribution in [3.05, 3.63) is 70.0 Å². The van der Waals surface area contributed by atoms with Crippen LogP contribution in [0.1, 0.15) is 22.8 Å². The van der Waals surface area contributed by atoms with Crippen molar-refractivity contribution in [3.63, 3.8) is 0 Å². The molecule has 3 heteroatoms. The fourth-order valence-electron chi connectivity index (χ4n) is 1.71. The van der Waals surface area contributed by atoms with Gasteiger partial charge < -0.3 is 5.11 Å². The molecule has 0 bridgehead atoms. The van der Waals surface area contributed by atoms with Gasteiger partial charge in [0.25, 0.3) is 0 Å². The van der Waals surface area contributed by atoms with Crippen molar-refractivity contribution in [1.82, 2.24) is 0 Å².